The van der Waals surface area contributed by atoms with Crippen LogP contribution in [-0.4, -0.2) is 27.1 Å². The topological polar surface area (TPSA) is 72.3 Å². The highest BCUT2D eigenvalue weighted by Crippen LogP contribution is 2.05. The van der Waals surface area contributed by atoms with Crippen LogP contribution in [0.15, 0.2) is 6.20 Å². The minimum atomic E-state index is -1.01. The number of carbonyl (C=O) groups is 1. The van der Waals surface area contributed by atoms with Crippen molar-refractivity contribution in [2.24, 2.45) is 0 Å². The molecular weight excluding hydrogens is 196 g/mol. The molecule has 0 aromatic carbocycles. The molecule has 82 valence electrons. The van der Waals surface area contributed by atoms with Crippen molar-refractivity contribution in [2.75, 3.05) is 0 Å². The first-order valence-corrected chi connectivity index (χ1v) is 4.68. The maximum absolute atomic E-state index is 10.7. The third-order valence-corrected chi connectivity index (χ3v) is 1.81. The van der Waals surface area contributed by atoms with E-state index in [1.54, 1.807) is 6.92 Å². The van der Waals surface area contributed by atoms with E-state index in [1.165, 1.54) is 6.20 Å². The third kappa shape index (κ3) is 3.28. The van der Waals surface area contributed by atoms with E-state index in [1.807, 2.05) is 13.8 Å². The summed E-state index contributed by atoms with van der Waals surface area (Å²) in [4.78, 5) is 18.7. The molecule has 0 unspecified atom stereocenters. The molecular formula is C10H14N2O3. The van der Waals surface area contributed by atoms with Crippen LogP contribution in [0.3, 0.4) is 0 Å². The molecule has 0 atom stereocenters. The molecule has 0 saturated carbocycles. The number of aromatic nitrogens is 2. The zero-order chi connectivity index (χ0) is 11.4. The number of aryl methyl sites for hydroxylation is 1. The first-order chi connectivity index (χ1) is 7.00. The van der Waals surface area contributed by atoms with Crippen molar-refractivity contribution in [3.63, 3.8) is 0 Å². The number of hydrogen-bond donors (Lipinski definition) is 1. The van der Waals surface area contributed by atoms with Gasteiger partial charge in [0.25, 0.3) is 0 Å². The molecule has 0 amide bonds. The van der Waals surface area contributed by atoms with Crippen LogP contribution >= 0.6 is 0 Å². The first kappa shape index (κ1) is 11.6. The summed E-state index contributed by atoms with van der Waals surface area (Å²) in [5, 5.41) is 8.76. The summed E-state index contributed by atoms with van der Waals surface area (Å²) >= 11 is 0. The highest BCUT2D eigenvalue weighted by atomic mass is 16.5. The monoisotopic (exact) mass is 210 g/mol. The van der Waals surface area contributed by atoms with Crippen LogP contribution in [0.5, 0.6) is 0 Å². The largest absolute Gasteiger partial charge is 0.478 e. The van der Waals surface area contributed by atoms with Gasteiger partial charge in [0.2, 0.25) is 0 Å². The van der Waals surface area contributed by atoms with Crippen LogP contribution in [0.4, 0.5) is 0 Å². The van der Waals surface area contributed by atoms with Gasteiger partial charge in [-0.15, -0.1) is 0 Å². The van der Waals surface area contributed by atoms with E-state index in [-0.39, 0.29) is 11.7 Å². The van der Waals surface area contributed by atoms with E-state index in [4.69, 9.17) is 9.84 Å². The lowest BCUT2D eigenvalue weighted by atomic mass is 10.2. The molecule has 5 heteroatoms. The number of carboxylic acid groups (broad SMARTS) is 1. The summed E-state index contributed by atoms with van der Waals surface area (Å²) in [6.07, 6.45) is 1.41. The zero-order valence-electron chi connectivity index (χ0n) is 9.02. The summed E-state index contributed by atoms with van der Waals surface area (Å²) in [6, 6.07) is 0. The van der Waals surface area contributed by atoms with Crippen molar-refractivity contribution in [1.29, 1.82) is 0 Å². The molecule has 1 N–H and O–H groups in total. The van der Waals surface area contributed by atoms with Gasteiger partial charge in [0, 0.05) is 6.20 Å². The Kier molecular flexibility index (Phi) is 3.74. The van der Waals surface area contributed by atoms with Crippen LogP contribution in [0.2, 0.25) is 0 Å². The predicted molar refractivity (Wildman–Crippen MR) is 53.7 cm³/mol. The van der Waals surface area contributed by atoms with Crippen molar-refractivity contribution in [3.8, 4) is 0 Å². The Morgan fingerprint density at radius 2 is 2.27 bits per heavy atom. The Morgan fingerprint density at radius 1 is 1.60 bits per heavy atom. The number of carboxylic acids is 1. The average molecular weight is 210 g/mol. The van der Waals surface area contributed by atoms with Crippen LogP contribution < -0.4 is 0 Å². The molecule has 0 spiro atoms. The van der Waals surface area contributed by atoms with Gasteiger partial charge in [-0.3, -0.25) is 0 Å². The SMILES string of the molecule is Cc1nc(COC(C)C)ncc1C(=O)O. The van der Waals surface area contributed by atoms with Gasteiger partial charge in [-0.05, 0) is 20.8 Å². The molecule has 1 aromatic rings. The fourth-order valence-electron chi connectivity index (χ4n) is 1.04. The van der Waals surface area contributed by atoms with Gasteiger partial charge < -0.3 is 9.84 Å². The second kappa shape index (κ2) is 4.84. The quantitative estimate of drug-likeness (QED) is 0.813. The molecule has 1 heterocycles. The maximum Gasteiger partial charge on any atom is 0.339 e. The number of ether oxygens (including phenoxy) is 1. The van der Waals surface area contributed by atoms with Crippen LogP contribution in [0.1, 0.15) is 35.7 Å². The standard InChI is InChI=1S/C10H14N2O3/c1-6(2)15-5-9-11-4-8(10(13)14)7(3)12-9/h4,6H,5H2,1-3H3,(H,13,14). The third-order valence-electron chi connectivity index (χ3n) is 1.81. The van der Waals surface area contributed by atoms with Gasteiger partial charge in [-0.25, -0.2) is 14.8 Å². The van der Waals surface area contributed by atoms with Gasteiger partial charge >= 0.3 is 5.97 Å². The summed E-state index contributed by atoms with van der Waals surface area (Å²) in [5.74, 6) is -0.505. The van der Waals surface area contributed by atoms with Crippen molar-refractivity contribution in [1.82, 2.24) is 9.97 Å². The molecule has 15 heavy (non-hydrogen) atoms. The minimum Gasteiger partial charge on any atom is -0.478 e. The highest BCUT2D eigenvalue weighted by molar-refractivity contribution is 5.88. The smallest absolute Gasteiger partial charge is 0.339 e. The van der Waals surface area contributed by atoms with Gasteiger partial charge in [0.15, 0.2) is 5.82 Å². The van der Waals surface area contributed by atoms with Crippen LogP contribution in [0, 0.1) is 6.92 Å². The van der Waals surface area contributed by atoms with Gasteiger partial charge in [-0.1, -0.05) is 0 Å². The van der Waals surface area contributed by atoms with Crippen LogP contribution in [0.25, 0.3) is 0 Å². The second-order valence-electron chi connectivity index (χ2n) is 3.45. The van der Waals surface area contributed by atoms with E-state index in [0.717, 1.165) is 0 Å². The summed E-state index contributed by atoms with van der Waals surface area (Å²) in [5.41, 5.74) is 0.586. The normalized spacial score (nSPS) is 10.7. The fraction of sp³-hybridized carbons (Fsp3) is 0.500. The van der Waals surface area contributed by atoms with Crippen molar-refractivity contribution < 1.29 is 14.6 Å². The van der Waals surface area contributed by atoms with E-state index in [2.05, 4.69) is 9.97 Å². The van der Waals surface area contributed by atoms with Gasteiger partial charge in [0.05, 0.1) is 17.4 Å². The highest BCUT2D eigenvalue weighted by Gasteiger charge is 2.09. The number of rotatable bonds is 4. The van der Waals surface area contributed by atoms with Gasteiger partial charge in [-0.2, -0.15) is 0 Å². The molecule has 0 aliphatic heterocycles. The Morgan fingerprint density at radius 3 is 2.73 bits per heavy atom. The summed E-state index contributed by atoms with van der Waals surface area (Å²) in [7, 11) is 0. The molecule has 0 aliphatic carbocycles. The zero-order valence-corrected chi connectivity index (χ0v) is 9.02. The minimum absolute atomic E-state index is 0.105. The Labute approximate surface area is 88.1 Å². The summed E-state index contributed by atoms with van der Waals surface area (Å²) < 4.78 is 5.31. The van der Waals surface area contributed by atoms with E-state index < -0.39 is 5.97 Å². The molecule has 5 nitrogen and oxygen atoms in total. The Hall–Kier alpha value is -1.49. The van der Waals surface area contributed by atoms with E-state index in [0.29, 0.717) is 18.1 Å². The van der Waals surface area contributed by atoms with E-state index in [9.17, 15) is 4.79 Å². The predicted octanol–water partition coefficient (Wildman–Crippen LogP) is 1.41. The number of aromatic carboxylic acids is 1. The van der Waals surface area contributed by atoms with Crippen molar-refractivity contribution >= 4 is 5.97 Å². The number of nitrogens with zero attached hydrogens (tertiary/aromatic N) is 2. The molecule has 0 bridgehead atoms. The van der Waals surface area contributed by atoms with Crippen LogP contribution in [-0.2, 0) is 11.3 Å². The molecule has 0 aliphatic rings. The van der Waals surface area contributed by atoms with Crippen molar-refractivity contribution in [2.45, 2.75) is 33.5 Å². The molecule has 1 rings (SSSR count). The van der Waals surface area contributed by atoms with E-state index >= 15 is 0 Å². The average Bonchev–Trinajstić information content (AvgIpc) is 2.14. The lowest BCUT2D eigenvalue weighted by molar-refractivity contribution is 0.0607. The van der Waals surface area contributed by atoms with Gasteiger partial charge in [0.1, 0.15) is 6.61 Å². The summed E-state index contributed by atoms with van der Waals surface area (Å²) in [6.45, 7) is 5.78. The maximum atomic E-state index is 10.7. The fourth-order valence-corrected chi connectivity index (χ4v) is 1.04. The number of hydrogen-bond acceptors (Lipinski definition) is 4. The lowest BCUT2D eigenvalue weighted by Gasteiger charge is -2.07. The molecule has 0 saturated heterocycles. The Bertz CT molecular complexity index is 364. The molecule has 0 fully saturated rings. The second-order valence-corrected chi connectivity index (χ2v) is 3.45. The van der Waals surface area contributed by atoms with Crippen molar-refractivity contribution in [3.05, 3.63) is 23.3 Å². The Balaban J connectivity index is 2.78. The molecule has 0 radical (unpaired) electrons. The lowest BCUT2D eigenvalue weighted by Crippen LogP contribution is -2.09. The molecule has 1 aromatic heterocycles. The first-order valence-electron chi connectivity index (χ1n) is 4.68.